The molecule has 1 heterocycles. The Hall–Kier alpha value is -2.38. The van der Waals surface area contributed by atoms with Crippen LogP contribution in [0.25, 0.3) is 10.9 Å². The van der Waals surface area contributed by atoms with Crippen LogP contribution in [0.2, 0.25) is 5.02 Å². The number of hydrazine groups is 1. The molecule has 0 radical (unpaired) electrons. The maximum Gasteiger partial charge on any atom is 0.275 e. The molecule has 1 aromatic heterocycles. The van der Waals surface area contributed by atoms with Crippen LogP contribution in [0.4, 0.5) is 0 Å². The first-order chi connectivity index (χ1) is 10.5. The zero-order chi connectivity index (χ0) is 16.1. The average molecular weight is 324 g/mol. The minimum Gasteiger partial charge on any atom is -0.372 e. The summed E-state index contributed by atoms with van der Waals surface area (Å²) < 4.78 is 4.88. The molecule has 0 fully saturated rings. The third kappa shape index (κ3) is 3.63. The van der Waals surface area contributed by atoms with Gasteiger partial charge < -0.3 is 9.72 Å². The molecule has 0 atom stereocenters. The molecule has 3 N–H and O–H groups in total. The third-order valence-electron chi connectivity index (χ3n) is 2.84. The molecule has 0 aliphatic rings. The van der Waals surface area contributed by atoms with Crippen molar-refractivity contribution in [3.05, 3.63) is 45.2 Å². The van der Waals surface area contributed by atoms with Gasteiger partial charge in [-0.25, -0.2) is 0 Å². The number of aromatic amines is 1. The van der Waals surface area contributed by atoms with Gasteiger partial charge in [-0.1, -0.05) is 11.6 Å². The second-order valence-corrected chi connectivity index (χ2v) is 4.80. The van der Waals surface area contributed by atoms with Crippen molar-refractivity contribution >= 4 is 34.3 Å². The first-order valence-corrected chi connectivity index (χ1v) is 6.88. The van der Waals surface area contributed by atoms with E-state index in [0.717, 1.165) is 0 Å². The molecular weight excluding hydrogens is 310 g/mol. The summed E-state index contributed by atoms with van der Waals surface area (Å²) in [5, 5.41) is 0.682. The first kappa shape index (κ1) is 16.0. The van der Waals surface area contributed by atoms with E-state index in [4.69, 9.17) is 16.3 Å². The minimum atomic E-state index is -0.729. The van der Waals surface area contributed by atoms with Crippen LogP contribution >= 0.6 is 11.6 Å². The molecule has 2 aromatic rings. The number of amides is 2. The minimum absolute atomic E-state index is 0.133. The average Bonchev–Trinajstić information content (AvgIpc) is 2.51. The van der Waals surface area contributed by atoms with Crippen LogP contribution in [0.15, 0.2) is 29.2 Å². The third-order valence-corrected chi connectivity index (χ3v) is 3.08. The fourth-order valence-corrected chi connectivity index (χ4v) is 1.96. The number of pyridine rings is 1. The summed E-state index contributed by atoms with van der Waals surface area (Å²) in [7, 11) is 0. The normalized spacial score (nSPS) is 10.5. The number of benzene rings is 1. The highest BCUT2D eigenvalue weighted by atomic mass is 35.5. The first-order valence-electron chi connectivity index (χ1n) is 6.50. The fraction of sp³-hybridized carbons (Fsp3) is 0.214. The number of rotatable bonds is 4. The molecule has 0 saturated carbocycles. The molecule has 0 unspecified atom stereocenters. The van der Waals surface area contributed by atoms with Crippen LogP contribution < -0.4 is 16.3 Å². The van der Waals surface area contributed by atoms with Crippen LogP contribution in [-0.2, 0) is 9.53 Å². The van der Waals surface area contributed by atoms with E-state index < -0.39 is 17.2 Å². The van der Waals surface area contributed by atoms with Crippen molar-refractivity contribution in [2.45, 2.75) is 6.92 Å². The van der Waals surface area contributed by atoms with Gasteiger partial charge in [-0.2, -0.15) is 0 Å². The molecule has 2 rings (SSSR count). The van der Waals surface area contributed by atoms with Gasteiger partial charge in [-0.05, 0) is 25.1 Å². The van der Waals surface area contributed by atoms with E-state index in [1.807, 2.05) is 0 Å². The number of nitrogens with one attached hydrogen (secondary N) is 3. The number of aromatic nitrogens is 1. The van der Waals surface area contributed by atoms with Gasteiger partial charge in [0.1, 0.15) is 12.2 Å². The Balaban J connectivity index is 2.16. The standard InChI is InChI=1S/C14H14ClN3O4/c1-2-22-7-12(19)17-18-14(21)10-6-16-11-4-3-8(15)5-9(11)13(10)20/h3-6H,2,7H2,1H3,(H,16,20)(H,17,19)(H,18,21). The summed E-state index contributed by atoms with van der Waals surface area (Å²) in [5.41, 5.74) is 4.27. The van der Waals surface area contributed by atoms with Crippen LogP contribution in [-0.4, -0.2) is 30.0 Å². The molecule has 0 bridgehead atoms. The summed E-state index contributed by atoms with van der Waals surface area (Å²) in [6.45, 7) is 1.94. The van der Waals surface area contributed by atoms with Gasteiger partial charge >= 0.3 is 0 Å². The monoisotopic (exact) mass is 323 g/mol. The van der Waals surface area contributed by atoms with Crippen molar-refractivity contribution in [1.29, 1.82) is 0 Å². The number of hydrogen-bond donors (Lipinski definition) is 3. The zero-order valence-corrected chi connectivity index (χ0v) is 12.5. The lowest BCUT2D eigenvalue weighted by atomic mass is 10.1. The quantitative estimate of drug-likeness (QED) is 0.730. The number of ether oxygens (including phenoxy) is 1. The molecule has 0 spiro atoms. The van der Waals surface area contributed by atoms with E-state index >= 15 is 0 Å². The molecule has 8 heteroatoms. The lowest BCUT2D eigenvalue weighted by molar-refractivity contribution is -0.126. The Bertz CT molecular complexity index is 772. The zero-order valence-electron chi connectivity index (χ0n) is 11.7. The fourth-order valence-electron chi connectivity index (χ4n) is 1.78. The van der Waals surface area contributed by atoms with Crippen LogP contribution in [0, 0.1) is 0 Å². The van der Waals surface area contributed by atoms with Crippen molar-refractivity contribution in [2.24, 2.45) is 0 Å². The second-order valence-electron chi connectivity index (χ2n) is 4.36. The largest absolute Gasteiger partial charge is 0.372 e. The predicted octanol–water partition coefficient (Wildman–Crippen LogP) is 0.979. The molecule has 22 heavy (non-hydrogen) atoms. The molecule has 0 aliphatic carbocycles. The van der Waals surface area contributed by atoms with Crippen molar-refractivity contribution in [3.8, 4) is 0 Å². The Labute approximate surface area is 130 Å². The maximum atomic E-state index is 12.3. The smallest absolute Gasteiger partial charge is 0.275 e. The van der Waals surface area contributed by atoms with E-state index in [-0.39, 0.29) is 12.2 Å². The SMILES string of the molecule is CCOCC(=O)NNC(=O)c1c[nH]c2ccc(Cl)cc2c1=O. The molecule has 0 aliphatic heterocycles. The number of carbonyl (C=O) groups excluding carboxylic acids is 2. The Morgan fingerprint density at radius 2 is 2.09 bits per heavy atom. The van der Waals surface area contributed by atoms with Crippen molar-refractivity contribution in [2.75, 3.05) is 13.2 Å². The van der Waals surface area contributed by atoms with Crippen LogP contribution in [0.3, 0.4) is 0 Å². The lowest BCUT2D eigenvalue weighted by Gasteiger charge is -2.07. The predicted molar refractivity (Wildman–Crippen MR) is 81.7 cm³/mol. The molecule has 2 amide bonds. The molecule has 116 valence electrons. The number of H-pyrrole nitrogens is 1. The van der Waals surface area contributed by atoms with Crippen molar-refractivity contribution in [3.63, 3.8) is 0 Å². The summed E-state index contributed by atoms with van der Waals surface area (Å²) >= 11 is 5.85. The van der Waals surface area contributed by atoms with Gasteiger partial charge in [0.05, 0.1) is 0 Å². The van der Waals surface area contributed by atoms with Crippen molar-refractivity contribution < 1.29 is 14.3 Å². The number of carbonyl (C=O) groups is 2. The molecule has 0 saturated heterocycles. The van der Waals surface area contributed by atoms with E-state index in [9.17, 15) is 14.4 Å². The van der Waals surface area contributed by atoms with E-state index in [1.165, 1.54) is 12.3 Å². The van der Waals surface area contributed by atoms with Gasteiger partial charge in [0.25, 0.3) is 11.8 Å². The Kier molecular flexibility index (Phi) is 5.13. The van der Waals surface area contributed by atoms with Gasteiger partial charge in [0.2, 0.25) is 5.43 Å². The summed E-state index contributed by atoms with van der Waals surface area (Å²) in [5.74, 6) is -1.25. The second kappa shape index (κ2) is 7.06. The van der Waals surface area contributed by atoms with Gasteiger partial charge in [0, 0.05) is 28.7 Å². The lowest BCUT2D eigenvalue weighted by Crippen LogP contribution is -2.44. The highest BCUT2D eigenvalue weighted by Gasteiger charge is 2.14. The highest BCUT2D eigenvalue weighted by molar-refractivity contribution is 6.31. The van der Waals surface area contributed by atoms with Gasteiger partial charge in [-0.15, -0.1) is 0 Å². The van der Waals surface area contributed by atoms with Gasteiger partial charge in [-0.3, -0.25) is 25.2 Å². The molecule has 1 aromatic carbocycles. The molecule has 7 nitrogen and oxygen atoms in total. The summed E-state index contributed by atoms with van der Waals surface area (Å²) in [4.78, 5) is 38.4. The van der Waals surface area contributed by atoms with Crippen LogP contribution in [0.5, 0.6) is 0 Å². The highest BCUT2D eigenvalue weighted by Crippen LogP contribution is 2.14. The van der Waals surface area contributed by atoms with Crippen LogP contribution in [0.1, 0.15) is 17.3 Å². The van der Waals surface area contributed by atoms with E-state index in [1.54, 1.807) is 19.1 Å². The maximum absolute atomic E-state index is 12.3. The van der Waals surface area contributed by atoms with E-state index in [2.05, 4.69) is 15.8 Å². The topological polar surface area (TPSA) is 100 Å². The number of halogens is 1. The Morgan fingerprint density at radius 1 is 1.32 bits per heavy atom. The van der Waals surface area contributed by atoms with Gasteiger partial charge in [0.15, 0.2) is 0 Å². The summed E-state index contributed by atoms with van der Waals surface area (Å²) in [6, 6.07) is 4.75. The Morgan fingerprint density at radius 3 is 2.82 bits per heavy atom. The molecular formula is C14H14ClN3O4. The summed E-state index contributed by atoms with van der Waals surface area (Å²) in [6.07, 6.45) is 1.28. The number of fused-ring (bicyclic) bond motifs is 1. The van der Waals surface area contributed by atoms with Crippen molar-refractivity contribution in [1.82, 2.24) is 15.8 Å². The van der Waals surface area contributed by atoms with E-state index in [0.29, 0.717) is 22.5 Å². The number of hydrogen-bond acceptors (Lipinski definition) is 4.